The summed E-state index contributed by atoms with van der Waals surface area (Å²) in [6.07, 6.45) is 8.01. The van der Waals surface area contributed by atoms with Gasteiger partial charge < -0.3 is 102 Å². The lowest BCUT2D eigenvalue weighted by Gasteiger charge is -2.34. The van der Waals surface area contributed by atoms with E-state index in [1.807, 2.05) is 64.1 Å². The van der Waals surface area contributed by atoms with Crippen LogP contribution < -0.4 is 87.2 Å². The van der Waals surface area contributed by atoms with E-state index in [0.29, 0.717) is 68.1 Å². The fourth-order valence-electron chi connectivity index (χ4n) is 12.6. The van der Waals surface area contributed by atoms with Crippen molar-refractivity contribution in [3.63, 3.8) is 0 Å². The Hall–Kier alpha value is -10.5. The first-order valence-corrected chi connectivity index (χ1v) is 38.0. The number of primary amides is 1. The summed E-state index contributed by atoms with van der Waals surface area (Å²) in [4.78, 5) is 179. The lowest BCUT2D eigenvalue weighted by atomic mass is 9.90. The largest absolute Gasteiger partial charge is 0.508 e. The number of carbonyl (C=O) groups is 12. The number of aromatic hydroxyl groups is 1. The van der Waals surface area contributed by atoms with Crippen LogP contribution >= 0.6 is 0 Å². The van der Waals surface area contributed by atoms with E-state index in [4.69, 9.17) is 28.7 Å². The maximum Gasteiger partial charge on any atom is 0.246 e. The average Bonchev–Trinajstić information content (AvgIpc) is 1.59. The van der Waals surface area contributed by atoms with Gasteiger partial charge in [-0.1, -0.05) is 113 Å². The van der Waals surface area contributed by atoms with Crippen LogP contribution in [0.3, 0.4) is 0 Å². The number of guanidine groups is 1. The molecule has 1 aromatic heterocycles. The Morgan fingerprint density at radius 2 is 1.16 bits per heavy atom. The molecular formula is C78H118N18O14. The van der Waals surface area contributed by atoms with Crippen molar-refractivity contribution in [2.24, 2.45) is 45.5 Å². The highest BCUT2D eigenvalue weighted by molar-refractivity contribution is 6.01. The van der Waals surface area contributed by atoms with Gasteiger partial charge in [-0.25, -0.2) is 0 Å². The Morgan fingerprint density at radius 1 is 0.600 bits per heavy atom. The number of nitrogens with one attached hydrogen (secondary N) is 12. The van der Waals surface area contributed by atoms with Crippen molar-refractivity contribution >= 4 is 87.7 Å². The predicted molar refractivity (Wildman–Crippen MR) is 418 cm³/mol. The highest BCUT2D eigenvalue weighted by Gasteiger charge is 2.42. The van der Waals surface area contributed by atoms with Gasteiger partial charge in [0.25, 0.3) is 0 Å². The van der Waals surface area contributed by atoms with Gasteiger partial charge in [-0.2, -0.15) is 0 Å². The highest BCUT2D eigenvalue weighted by Crippen LogP contribution is 2.24. The number of benzene rings is 3. The molecule has 4 aromatic rings. The molecule has 110 heavy (non-hydrogen) atoms. The maximum absolute atomic E-state index is 15.3. The number of hydrogen-bond donors (Lipinski definition) is 19. The number of para-hydroxylation sites is 1. The van der Waals surface area contributed by atoms with Gasteiger partial charge in [0.05, 0.1) is 12.6 Å². The molecule has 32 nitrogen and oxygen atoms in total. The van der Waals surface area contributed by atoms with Crippen LogP contribution in [0.5, 0.6) is 5.75 Å². The summed E-state index contributed by atoms with van der Waals surface area (Å²) >= 11 is 0. The lowest BCUT2D eigenvalue weighted by molar-refractivity contribution is -0.138. The summed E-state index contributed by atoms with van der Waals surface area (Å²) in [6, 6.07) is 10.1. The molecule has 0 radical (unpaired) electrons. The number of aromatic amines is 1. The van der Waals surface area contributed by atoms with Gasteiger partial charge in [0.2, 0.25) is 70.9 Å². The quantitative estimate of drug-likeness (QED) is 0.0133. The second-order valence-electron chi connectivity index (χ2n) is 29.8. The Balaban J connectivity index is 1.45. The van der Waals surface area contributed by atoms with E-state index in [0.717, 1.165) is 10.9 Å². The third-order valence-electron chi connectivity index (χ3n) is 19.1. The molecule has 0 aliphatic carbocycles. The number of hydrogen-bond acceptors (Lipinski definition) is 17. The predicted octanol–water partition coefficient (Wildman–Crippen LogP) is 0.824. The van der Waals surface area contributed by atoms with Crippen LogP contribution in [0.15, 0.2) is 102 Å². The number of phenolic OH excluding ortho intramolecular Hbond substituents is 1. The third-order valence-corrected chi connectivity index (χ3v) is 19.1. The summed E-state index contributed by atoms with van der Waals surface area (Å²) in [5, 5.41) is 51.2. The van der Waals surface area contributed by atoms with Gasteiger partial charge in [0, 0.05) is 42.9 Å². The zero-order chi connectivity index (χ0) is 81.3. The summed E-state index contributed by atoms with van der Waals surface area (Å²) < 4.78 is 0. The van der Waals surface area contributed by atoms with E-state index in [9.17, 15) is 58.2 Å². The summed E-state index contributed by atoms with van der Waals surface area (Å²) in [7, 11) is 0. The van der Waals surface area contributed by atoms with Crippen LogP contribution in [0.4, 0.5) is 0 Å². The number of H-pyrrole nitrogens is 1. The van der Waals surface area contributed by atoms with Gasteiger partial charge in [-0.3, -0.25) is 62.5 Å². The number of nitrogens with two attached hydrogens (primary N) is 5. The maximum atomic E-state index is 15.3. The Morgan fingerprint density at radius 3 is 1.78 bits per heavy atom. The fourth-order valence-corrected chi connectivity index (χ4v) is 12.6. The summed E-state index contributed by atoms with van der Waals surface area (Å²) in [5.74, 6) is -10.2. The molecule has 0 bridgehead atoms. The van der Waals surface area contributed by atoms with Gasteiger partial charge in [-0.05, 0) is 164 Å². The van der Waals surface area contributed by atoms with E-state index in [-0.39, 0.29) is 101 Å². The number of nitrogens with zero attached hydrogens (tertiary/aromatic N) is 1. The van der Waals surface area contributed by atoms with Gasteiger partial charge in [0.15, 0.2) is 5.96 Å². The first-order valence-electron chi connectivity index (χ1n) is 38.0. The monoisotopic (exact) mass is 1530 g/mol. The number of rotatable bonds is 34. The molecule has 3 aromatic carbocycles. The SMILES string of the molecule is CC(C)C[C@@H]1NC(=O)[C@H](CCCCN)NC(=O)[C@H](CC(C)C)NC(=O)[C@@](C)(NC(=O)[C@H](Cc2ccccc2)NC(=O)[C@H](Cc2ccc(O)cc2)NC(=O)[C@H](C)NC(=O)[C@@H](N)[C@@H](C)O)CCCC/C=C/CCCC[C@@](C)(C(=O)NCC(=O)N[C@@H](CCCN=C(N)N)C(=O)N[C@@H](Cc2c[nH]c3ccccc23)C(N)=O)NC1=O. The average molecular weight is 1530 g/mol. The van der Waals surface area contributed by atoms with Crippen molar-refractivity contribution in [1.29, 1.82) is 0 Å². The van der Waals surface area contributed by atoms with E-state index in [1.165, 1.54) is 52.0 Å². The van der Waals surface area contributed by atoms with Crippen LogP contribution in [0.2, 0.25) is 0 Å². The van der Waals surface area contributed by atoms with E-state index < -0.39 is 149 Å². The summed E-state index contributed by atoms with van der Waals surface area (Å²) in [5.41, 5.74) is 27.8. The second-order valence-corrected chi connectivity index (χ2v) is 29.8. The molecule has 24 N–H and O–H groups in total. The van der Waals surface area contributed by atoms with Crippen molar-refractivity contribution in [1.82, 2.24) is 63.5 Å². The number of aliphatic hydroxyl groups excluding tert-OH is 1. The molecule has 0 fully saturated rings. The van der Waals surface area contributed by atoms with Crippen LogP contribution in [0, 0.1) is 11.8 Å². The Labute approximate surface area is 643 Å². The van der Waals surface area contributed by atoms with Crippen molar-refractivity contribution in [2.45, 2.75) is 243 Å². The number of unbranched alkanes of at least 4 members (excludes halogenated alkanes) is 1. The number of aliphatic imine (C=N–C) groups is 1. The summed E-state index contributed by atoms with van der Waals surface area (Å²) in [6.45, 7) is 12.6. The topological polar surface area (TPSA) is 536 Å². The van der Waals surface area contributed by atoms with Crippen molar-refractivity contribution in [2.75, 3.05) is 19.6 Å². The molecule has 604 valence electrons. The van der Waals surface area contributed by atoms with E-state index in [2.05, 4.69) is 68.5 Å². The smallest absolute Gasteiger partial charge is 0.246 e. The molecule has 0 unspecified atom stereocenters. The van der Waals surface area contributed by atoms with E-state index in [1.54, 1.807) is 36.5 Å². The third kappa shape index (κ3) is 30.2. The Kier molecular flexibility index (Phi) is 36.8. The molecular weight excluding hydrogens is 1410 g/mol. The number of allylic oxidation sites excluding steroid dienone is 2. The lowest BCUT2D eigenvalue weighted by Crippen LogP contribution is -2.65. The molecule has 2 heterocycles. The molecule has 0 saturated carbocycles. The molecule has 1 aliphatic rings. The van der Waals surface area contributed by atoms with Crippen LogP contribution in [0.1, 0.15) is 168 Å². The zero-order valence-electron chi connectivity index (χ0n) is 64.6. The minimum absolute atomic E-state index is 0.00542. The normalized spacial score (nSPS) is 20.7. The first kappa shape index (κ1) is 90.1. The van der Waals surface area contributed by atoms with Crippen LogP contribution in [-0.4, -0.2) is 183 Å². The number of amides is 12. The van der Waals surface area contributed by atoms with Crippen LogP contribution in [0.25, 0.3) is 10.9 Å². The molecule has 1 aliphatic heterocycles. The van der Waals surface area contributed by atoms with Crippen LogP contribution in [-0.2, 0) is 76.8 Å². The first-order chi connectivity index (χ1) is 52.1. The molecule has 12 amide bonds. The number of fused-ring (bicyclic) bond motifs is 1. The minimum atomic E-state index is -1.80. The van der Waals surface area contributed by atoms with Crippen molar-refractivity contribution in [3.8, 4) is 5.75 Å². The number of phenols is 1. The van der Waals surface area contributed by atoms with Gasteiger partial charge in [-0.15, -0.1) is 0 Å². The Bertz CT molecular complexity index is 3790. The number of aliphatic hydroxyl groups is 1. The van der Waals surface area contributed by atoms with Crippen molar-refractivity contribution < 1.29 is 67.7 Å². The molecule has 5 rings (SSSR count). The number of aromatic nitrogens is 1. The van der Waals surface area contributed by atoms with Gasteiger partial charge in [0.1, 0.15) is 71.2 Å². The highest BCUT2D eigenvalue weighted by atomic mass is 16.3. The second kappa shape index (κ2) is 44.9. The standard InChI is InChI=1S/C78H118N18O14/c1-46(2)39-59-69(104)89-57(29-20-23-37-79)68(103)92-60(40-47(3)4)71(106)95-77(7,74(109)86-45-63(99)88-56(30-24-38-84-76(82)83)67(102)90-58(65(81)100)43-52-44-85-55-28-19-18-27-54(52)55)35-21-13-11-9-10-12-14-22-36-78(8,75(110)94-59)96-72(107)62(41-50-25-16-15-17-26-50)93-70(105)61(42-51-31-33-53(98)34-32-51)91-66(101)48(5)87-73(108)64(80)49(6)97/h9-10,15-19,25-28,31-34,44,46-49,56-62,64,85,97-98H,11-14,20-24,29-30,35-43,45,79-80H2,1-8H3,(H2,81,100)(H,86,109)(H,87,108)(H,88,99)(H,89,104)(H,90,102)(H,91,101)(H,92,103)(H,93,105)(H,94,110)(H,95,106)(H,96,107)(H4,82,83,84)/b10-9+/t48-,49+,56-,57-,58-,59-,60-,61-,62-,64-,77-,78-/m0/s1. The van der Waals surface area contributed by atoms with Gasteiger partial charge >= 0.3 is 0 Å². The fraction of sp³-hybridized carbons (Fsp3) is 0.551. The zero-order valence-corrected chi connectivity index (χ0v) is 64.6. The molecule has 12 atom stereocenters. The molecule has 32 heteroatoms. The molecule has 0 saturated heterocycles. The molecule has 0 spiro atoms. The van der Waals surface area contributed by atoms with Crippen molar-refractivity contribution in [3.05, 3.63) is 114 Å². The number of carbonyl (C=O) groups excluding carboxylic acids is 12. The minimum Gasteiger partial charge on any atom is -0.508 e. The van der Waals surface area contributed by atoms with E-state index >= 15 is 9.59 Å².